The van der Waals surface area contributed by atoms with Gasteiger partial charge in [-0.05, 0) is 31.4 Å². The standard InChI is InChI=1S/C24H32N2O3/c1-3-5-8-15-25-24(28)18-13-16-26(17-14-18)23(27)12-11-20-19-9-6-7-10-22(19)29-21(20)4-2/h6-7,9-12,18H,3-5,8,13-17H2,1-2H3,(H,25,28)/b12-11+. The van der Waals surface area contributed by atoms with E-state index >= 15 is 0 Å². The smallest absolute Gasteiger partial charge is 0.246 e. The normalized spacial score (nSPS) is 15.3. The first-order valence-electron chi connectivity index (χ1n) is 10.9. The Labute approximate surface area is 173 Å². The maximum atomic E-state index is 12.7. The Bertz CT molecular complexity index is 860. The van der Waals surface area contributed by atoms with Crippen LogP contribution in [0.15, 0.2) is 34.8 Å². The largest absolute Gasteiger partial charge is 0.460 e. The number of benzene rings is 1. The maximum absolute atomic E-state index is 12.7. The van der Waals surface area contributed by atoms with Gasteiger partial charge in [0.15, 0.2) is 0 Å². The van der Waals surface area contributed by atoms with E-state index in [2.05, 4.69) is 19.2 Å². The van der Waals surface area contributed by atoms with Crippen LogP contribution in [0.4, 0.5) is 0 Å². The topological polar surface area (TPSA) is 62.6 Å². The van der Waals surface area contributed by atoms with Crippen LogP contribution in [0.3, 0.4) is 0 Å². The van der Waals surface area contributed by atoms with E-state index in [0.717, 1.165) is 67.4 Å². The number of carbonyl (C=O) groups excluding carboxylic acids is 2. The molecule has 1 aliphatic rings. The first-order chi connectivity index (χ1) is 14.1. The summed E-state index contributed by atoms with van der Waals surface area (Å²) in [5.74, 6) is 1.06. The van der Waals surface area contributed by atoms with E-state index in [1.54, 1.807) is 6.08 Å². The van der Waals surface area contributed by atoms with E-state index in [9.17, 15) is 9.59 Å². The number of furan rings is 1. The summed E-state index contributed by atoms with van der Waals surface area (Å²) in [6, 6.07) is 7.90. The van der Waals surface area contributed by atoms with E-state index in [1.165, 1.54) is 0 Å². The van der Waals surface area contributed by atoms with Gasteiger partial charge in [0.2, 0.25) is 11.8 Å². The molecule has 1 aromatic heterocycles. The number of amides is 2. The molecule has 2 heterocycles. The lowest BCUT2D eigenvalue weighted by molar-refractivity contribution is -0.132. The fourth-order valence-corrected chi connectivity index (χ4v) is 3.91. The minimum Gasteiger partial charge on any atom is -0.460 e. The van der Waals surface area contributed by atoms with Gasteiger partial charge in [0.1, 0.15) is 11.3 Å². The highest BCUT2D eigenvalue weighted by molar-refractivity contribution is 5.96. The molecule has 1 aromatic carbocycles. The zero-order chi connectivity index (χ0) is 20.6. The van der Waals surface area contributed by atoms with Crippen molar-refractivity contribution in [1.29, 1.82) is 0 Å². The SMILES string of the molecule is CCCCCNC(=O)C1CCN(C(=O)/C=C/c2c(CC)oc3ccccc23)CC1. The molecule has 1 fully saturated rings. The summed E-state index contributed by atoms with van der Waals surface area (Å²) in [4.78, 5) is 26.8. The first kappa shape index (κ1) is 21.2. The second-order valence-corrected chi connectivity index (χ2v) is 7.72. The molecule has 156 valence electrons. The van der Waals surface area contributed by atoms with Gasteiger partial charge in [-0.15, -0.1) is 0 Å². The number of rotatable bonds is 8. The summed E-state index contributed by atoms with van der Waals surface area (Å²) < 4.78 is 5.89. The van der Waals surface area contributed by atoms with Gasteiger partial charge in [-0.2, -0.15) is 0 Å². The predicted octanol–water partition coefficient (Wildman–Crippen LogP) is 4.55. The molecule has 0 atom stereocenters. The summed E-state index contributed by atoms with van der Waals surface area (Å²) in [7, 11) is 0. The molecule has 0 aliphatic carbocycles. The molecule has 0 spiro atoms. The molecule has 0 unspecified atom stereocenters. The summed E-state index contributed by atoms with van der Waals surface area (Å²) in [6.07, 6.45) is 9.08. The van der Waals surface area contributed by atoms with Crippen molar-refractivity contribution in [2.45, 2.75) is 52.4 Å². The third-order valence-corrected chi connectivity index (χ3v) is 5.68. The minimum absolute atomic E-state index is 0.000798. The number of aryl methyl sites for hydroxylation is 1. The van der Waals surface area contributed by atoms with Crippen molar-refractivity contribution < 1.29 is 14.0 Å². The summed E-state index contributed by atoms with van der Waals surface area (Å²) in [5.41, 5.74) is 1.83. The van der Waals surface area contributed by atoms with Crippen LogP contribution in [-0.2, 0) is 16.0 Å². The Morgan fingerprint density at radius 1 is 1.17 bits per heavy atom. The molecule has 0 saturated carbocycles. The average molecular weight is 397 g/mol. The van der Waals surface area contributed by atoms with Crippen LogP contribution < -0.4 is 5.32 Å². The number of carbonyl (C=O) groups is 2. The van der Waals surface area contributed by atoms with Crippen LogP contribution in [-0.4, -0.2) is 36.3 Å². The Morgan fingerprint density at radius 2 is 1.93 bits per heavy atom. The lowest BCUT2D eigenvalue weighted by Gasteiger charge is -2.30. The third kappa shape index (κ3) is 5.28. The van der Waals surface area contributed by atoms with Gasteiger partial charge in [0.05, 0.1) is 0 Å². The number of nitrogens with zero attached hydrogens (tertiary/aromatic N) is 1. The van der Waals surface area contributed by atoms with Crippen molar-refractivity contribution >= 4 is 28.9 Å². The number of nitrogens with one attached hydrogen (secondary N) is 1. The number of unbranched alkanes of at least 4 members (excludes halogenated alkanes) is 2. The Hall–Kier alpha value is -2.56. The molecule has 1 aliphatic heterocycles. The molecule has 29 heavy (non-hydrogen) atoms. The monoisotopic (exact) mass is 396 g/mol. The molecule has 2 amide bonds. The summed E-state index contributed by atoms with van der Waals surface area (Å²) in [5, 5.41) is 4.07. The second-order valence-electron chi connectivity index (χ2n) is 7.72. The molecule has 5 heteroatoms. The fourth-order valence-electron chi connectivity index (χ4n) is 3.91. The van der Waals surface area contributed by atoms with Gasteiger partial charge in [-0.3, -0.25) is 9.59 Å². The Kier molecular flexibility index (Phi) is 7.50. The van der Waals surface area contributed by atoms with Crippen LogP contribution in [0.25, 0.3) is 17.0 Å². The predicted molar refractivity (Wildman–Crippen MR) is 116 cm³/mol. The molecule has 3 rings (SSSR count). The van der Waals surface area contributed by atoms with Crippen molar-refractivity contribution in [2.24, 2.45) is 5.92 Å². The lowest BCUT2D eigenvalue weighted by Crippen LogP contribution is -2.42. The van der Waals surface area contributed by atoms with Gasteiger partial charge >= 0.3 is 0 Å². The highest BCUT2D eigenvalue weighted by Crippen LogP contribution is 2.27. The highest BCUT2D eigenvalue weighted by Gasteiger charge is 2.26. The van der Waals surface area contributed by atoms with Crippen molar-refractivity contribution in [3.63, 3.8) is 0 Å². The molecule has 0 bridgehead atoms. The van der Waals surface area contributed by atoms with Gasteiger partial charge in [-0.25, -0.2) is 0 Å². The maximum Gasteiger partial charge on any atom is 0.246 e. The number of hydrogen-bond acceptors (Lipinski definition) is 3. The van der Waals surface area contributed by atoms with Crippen LogP contribution in [0.2, 0.25) is 0 Å². The third-order valence-electron chi connectivity index (χ3n) is 5.68. The highest BCUT2D eigenvalue weighted by atomic mass is 16.3. The van der Waals surface area contributed by atoms with Gasteiger partial charge in [0, 0.05) is 49.0 Å². The lowest BCUT2D eigenvalue weighted by atomic mass is 9.95. The van der Waals surface area contributed by atoms with Gasteiger partial charge < -0.3 is 14.6 Å². The molecular formula is C24H32N2O3. The van der Waals surface area contributed by atoms with Crippen LogP contribution in [0.1, 0.15) is 57.3 Å². The fraction of sp³-hybridized carbons (Fsp3) is 0.500. The Balaban J connectivity index is 1.54. The van der Waals surface area contributed by atoms with E-state index in [4.69, 9.17) is 4.42 Å². The minimum atomic E-state index is -0.000798. The van der Waals surface area contributed by atoms with E-state index in [-0.39, 0.29) is 17.7 Å². The molecular weight excluding hydrogens is 364 g/mol. The number of fused-ring (bicyclic) bond motifs is 1. The first-order valence-corrected chi connectivity index (χ1v) is 10.9. The van der Waals surface area contributed by atoms with Crippen molar-refractivity contribution in [2.75, 3.05) is 19.6 Å². The number of para-hydroxylation sites is 1. The van der Waals surface area contributed by atoms with Crippen LogP contribution in [0.5, 0.6) is 0 Å². The summed E-state index contributed by atoms with van der Waals surface area (Å²) in [6.45, 7) is 6.22. The van der Waals surface area contributed by atoms with Crippen LogP contribution >= 0.6 is 0 Å². The molecule has 0 radical (unpaired) electrons. The molecule has 1 N–H and O–H groups in total. The van der Waals surface area contributed by atoms with Crippen molar-refractivity contribution in [3.8, 4) is 0 Å². The Morgan fingerprint density at radius 3 is 2.66 bits per heavy atom. The zero-order valence-corrected chi connectivity index (χ0v) is 17.6. The molecule has 5 nitrogen and oxygen atoms in total. The van der Waals surface area contributed by atoms with Crippen molar-refractivity contribution in [1.82, 2.24) is 10.2 Å². The van der Waals surface area contributed by atoms with Crippen molar-refractivity contribution in [3.05, 3.63) is 41.7 Å². The van der Waals surface area contributed by atoms with E-state index < -0.39 is 0 Å². The van der Waals surface area contributed by atoms with Gasteiger partial charge in [0.25, 0.3) is 0 Å². The number of piperidine rings is 1. The quantitative estimate of drug-likeness (QED) is 0.526. The van der Waals surface area contributed by atoms with Crippen LogP contribution in [0, 0.1) is 5.92 Å². The van der Waals surface area contributed by atoms with E-state index in [1.807, 2.05) is 35.2 Å². The second kappa shape index (κ2) is 10.3. The number of hydrogen-bond donors (Lipinski definition) is 1. The average Bonchev–Trinajstić information content (AvgIpc) is 3.12. The summed E-state index contributed by atoms with van der Waals surface area (Å²) >= 11 is 0. The molecule has 1 saturated heterocycles. The van der Waals surface area contributed by atoms with E-state index in [0.29, 0.717) is 13.1 Å². The number of likely N-dealkylation sites (tertiary alicyclic amines) is 1. The zero-order valence-electron chi connectivity index (χ0n) is 17.6. The van der Waals surface area contributed by atoms with Gasteiger partial charge in [-0.1, -0.05) is 44.9 Å². The molecule has 2 aromatic rings.